The maximum absolute atomic E-state index is 10.9. The minimum atomic E-state index is -0.787. The van der Waals surface area contributed by atoms with Crippen LogP contribution in [0.15, 0.2) is 12.1 Å². The fourth-order valence-corrected chi connectivity index (χ4v) is 0. The van der Waals surface area contributed by atoms with Gasteiger partial charge in [-0.05, 0) is 0 Å². The average Bonchev–Trinajstić information content (AvgIpc) is 1.38. The van der Waals surface area contributed by atoms with Gasteiger partial charge in [-0.25, -0.2) is 8.78 Å². The Kier molecular flexibility index (Phi) is 1.81. The largest absolute Gasteiger partial charge is 0.221 e. The van der Waals surface area contributed by atoms with Gasteiger partial charge < -0.3 is 0 Å². The predicted octanol–water partition coefficient (Wildman–Crippen LogP) is 0.357. The fraction of sp³-hybridized carbons (Fsp3) is 0. The highest BCUT2D eigenvalue weighted by atomic mass is 19.2. The molecule has 0 heterocycles. The second kappa shape index (κ2) is 1.94. The lowest BCUT2D eigenvalue weighted by atomic mass is 10.1. The van der Waals surface area contributed by atoms with Crippen LogP contribution < -0.4 is 0 Å². The summed E-state index contributed by atoms with van der Waals surface area (Å²) < 4.78 is 21.5. The van der Waals surface area contributed by atoms with E-state index in [-0.39, 0.29) is 6.33 Å². The molecule has 0 aliphatic heterocycles. The molecule has 0 unspecified atom stereocenters. The Labute approximate surface area is 29.9 Å². The molecule has 0 N–H and O–H groups in total. The molecule has 0 atom stereocenters. The fourth-order valence-electron chi connectivity index (χ4n) is 0. The van der Waals surface area contributed by atoms with Crippen molar-refractivity contribution >= 4 is 7.85 Å². The van der Waals surface area contributed by atoms with Crippen LogP contribution in [0.25, 0.3) is 0 Å². The summed E-state index contributed by atoms with van der Waals surface area (Å²) in [6.07, 6.45) is -0.0833. The van der Waals surface area contributed by atoms with Crippen LogP contribution in [0.1, 0.15) is 0 Å². The van der Waals surface area contributed by atoms with E-state index in [9.17, 15) is 8.78 Å². The molecule has 0 bridgehead atoms. The molecule has 0 aromatic heterocycles. The molecule has 0 saturated heterocycles. The summed E-state index contributed by atoms with van der Waals surface area (Å²) >= 11 is 0. The first-order chi connectivity index (χ1) is 2.27. The van der Waals surface area contributed by atoms with Gasteiger partial charge in [0.15, 0.2) is 7.85 Å². The molecule has 0 radical (unpaired) electrons. The van der Waals surface area contributed by atoms with E-state index in [0.717, 1.165) is 7.85 Å². The summed E-state index contributed by atoms with van der Waals surface area (Å²) in [5, 5.41) is 0. The topological polar surface area (TPSA) is 0 Å². The molecule has 0 aromatic rings. The van der Waals surface area contributed by atoms with Gasteiger partial charge in [0, 0.05) is 0 Å². The van der Waals surface area contributed by atoms with E-state index in [1.165, 1.54) is 0 Å². The molecule has 0 rings (SSSR count). The van der Waals surface area contributed by atoms with Gasteiger partial charge >= 0.3 is 0 Å². The molecule has 0 aliphatic rings. The quantitative estimate of drug-likeness (QED) is 0.365. The van der Waals surface area contributed by atoms with E-state index in [1.807, 2.05) is 0 Å². The Morgan fingerprint density at radius 1 is 1.80 bits per heavy atom. The Morgan fingerprint density at radius 2 is 2.00 bits per heavy atom. The van der Waals surface area contributed by atoms with Gasteiger partial charge in [0.2, 0.25) is 0 Å². The third-order valence-electron chi connectivity index (χ3n) is 0.150. The molecule has 0 fully saturated rings. The minimum Gasteiger partial charge on any atom is -0.221 e. The zero-order valence-corrected chi connectivity index (χ0v) is 2.83. The molecular formula is C2H3BF2. The van der Waals surface area contributed by atoms with Gasteiger partial charge in [0.25, 0.3) is 0 Å². The van der Waals surface area contributed by atoms with Crippen molar-refractivity contribution in [2.24, 2.45) is 0 Å². The Balaban J connectivity index is 3.14. The first-order valence-corrected chi connectivity index (χ1v) is 1.20. The van der Waals surface area contributed by atoms with Crippen molar-refractivity contribution in [1.29, 1.82) is 0 Å². The molecule has 0 spiro atoms. The van der Waals surface area contributed by atoms with Crippen molar-refractivity contribution in [3.05, 3.63) is 12.1 Å². The lowest BCUT2D eigenvalue weighted by Crippen LogP contribution is -1.58. The van der Waals surface area contributed by atoms with E-state index >= 15 is 0 Å². The summed E-state index contributed by atoms with van der Waals surface area (Å²) in [7, 11) is 1.04. The molecule has 0 aliphatic carbocycles. The molecule has 3 heteroatoms. The van der Waals surface area contributed by atoms with Crippen LogP contribution in [0, 0.1) is 0 Å². The second-order valence-electron chi connectivity index (χ2n) is 0.696. The molecule has 0 aromatic carbocycles. The molecule has 0 saturated carbocycles. The van der Waals surface area contributed by atoms with Crippen LogP contribution >= 0.6 is 0 Å². The van der Waals surface area contributed by atoms with Gasteiger partial charge in [-0.3, -0.25) is 0 Å². The monoisotopic (exact) mass is 76.0 g/mol. The van der Waals surface area contributed by atoms with E-state index < -0.39 is 5.73 Å². The van der Waals surface area contributed by atoms with Crippen LogP contribution in [0.2, 0.25) is 0 Å². The second-order valence-corrected chi connectivity index (χ2v) is 0.696. The Hall–Kier alpha value is -0.335. The number of rotatable bonds is 0. The van der Waals surface area contributed by atoms with E-state index in [0.29, 0.717) is 0 Å². The highest BCUT2D eigenvalue weighted by Gasteiger charge is 1.71. The summed E-state index contributed by atoms with van der Waals surface area (Å²) in [5.41, 5.74) is -0.787. The lowest BCUT2D eigenvalue weighted by molar-refractivity contribution is 0.626. The van der Waals surface area contributed by atoms with Crippen molar-refractivity contribution in [2.75, 3.05) is 0 Å². The number of hydrogen-bond donors (Lipinski definition) is 0. The maximum atomic E-state index is 10.9. The molecule has 0 nitrogen and oxygen atoms in total. The first kappa shape index (κ1) is 4.66. The van der Waals surface area contributed by atoms with Gasteiger partial charge in [-0.15, -0.1) is 0 Å². The molecule has 5 heavy (non-hydrogen) atoms. The summed E-state index contributed by atoms with van der Waals surface area (Å²) in [5.74, 6) is 0. The van der Waals surface area contributed by atoms with Gasteiger partial charge in [-0.2, -0.15) is 0 Å². The zero-order chi connectivity index (χ0) is 4.28. The van der Waals surface area contributed by atoms with Crippen LogP contribution in [-0.4, -0.2) is 7.85 Å². The maximum Gasteiger partial charge on any atom is 0.180 e. The van der Waals surface area contributed by atoms with Gasteiger partial charge in [0.05, 0.1) is 5.73 Å². The highest BCUT2D eigenvalue weighted by molar-refractivity contribution is 6.19. The van der Waals surface area contributed by atoms with Crippen LogP contribution in [0.4, 0.5) is 8.78 Å². The zero-order valence-electron chi connectivity index (χ0n) is 2.83. The van der Waals surface area contributed by atoms with Crippen LogP contribution in [-0.2, 0) is 0 Å². The third-order valence-corrected chi connectivity index (χ3v) is 0.150. The number of hydrogen-bond acceptors (Lipinski definition) is 0. The Bertz CT molecular complexity index is 45.6. The van der Waals surface area contributed by atoms with Crippen LogP contribution in [0.3, 0.4) is 0 Å². The standard InChI is InChI=1S/C2H3BF2/c3-2(5)1-4/h1H,3H2. The lowest BCUT2D eigenvalue weighted by Gasteiger charge is -1.64. The van der Waals surface area contributed by atoms with Crippen molar-refractivity contribution in [2.45, 2.75) is 0 Å². The van der Waals surface area contributed by atoms with Crippen molar-refractivity contribution in [3.8, 4) is 0 Å². The highest BCUT2D eigenvalue weighted by Crippen LogP contribution is 1.83. The average molecular weight is 75.9 g/mol. The smallest absolute Gasteiger partial charge is 0.180 e. The normalized spacial score (nSPS) is 12.0. The summed E-state index contributed by atoms with van der Waals surface area (Å²) in [4.78, 5) is 0. The molecule has 0 amide bonds. The molecule has 28 valence electrons. The Morgan fingerprint density at radius 3 is 2.00 bits per heavy atom. The van der Waals surface area contributed by atoms with Crippen molar-refractivity contribution in [3.63, 3.8) is 0 Å². The SMILES string of the molecule is BC(F)=CF. The minimum absolute atomic E-state index is 0.0833. The number of halogens is 2. The first-order valence-electron chi connectivity index (χ1n) is 1.20. The summed E-state index contributed by atoms with van der Waals surface area (Å²) in [6.45, 7) is 0. The van der Waals surface area contributed by atoms with E-state index in [4.69, 9.17) is 0 Å². The van der Waals surface area contributed by atoms with Crippen molar-refractivity contribution < 1.29 is 8.78 Å². The third kappa shape index (κ3) is 3.66. The van der Waals surface area contributed by atoms with Crippen molar-refractivity contribution in [1.82, 2.24) is 0 Å². The molecular weight excluding hydrogens is 72.8 g/mol. The van der Waals surface area contributed by atoms with E-state index in [1.54, 1.807) is 0 Å². The van der Waals surface area contributed by atoms with Gasteiger partial charge in [-0.1, -0.05) is 0 Å². The van der Waals surface area contributed by atoms with Crippen LogP contribution in [0.5, 0.6) is 0 Å². The predicted molar refractivity (Wildman–Crippen MR) is 18.8 cm³/mol. The van der Waals surface area contributed by atoms with Gasteiger partial charge in [0.1, 0.15) is 6.33 Å². The summed E-state index contributed by atoms with van der Waals surface area (Å²) in [6, 6.07) is 0. The van der Waals surface area contributed by atoms with E-state index in [2.05, 4.69) is 0 Å².